The Hall–Kier alpha value is -2.19. The molecular weight excluding hydrogens is 380 g/mol. The van der Waals surface area contributed by atoms with E-state index in [1.54, 1.807) is 17.2 Å². The third kappa shape index (κ3) is 3.77. The van der Waals surface area contributed by atoms with E-state index in [1.165, 1.54) is 16.2 Å². The summed E-state index contributed by atoms with van der Waals surface area (Å²) in [6, 6.07) is 3.73. The topological polar surface area (TPSA) is 66.7 Å². The lowest BCUT2D eigenvalue weighted by Gasteiger charge is -2.12. The van der Waals surface area contributed by atoms with Crippen LogP contribution in [0.5, 0.6) is 0 Å². The van der Waals surface area contributed by atoms with E-state index in [4.69, 9.17) is 12.2 Å². The van der Waals surface area contributed by atoms with Gasteiger partial charge in [-0.3, -0.25) is 18.9 Å². The van der Waals surface area contributed by atoms with Gasteiger partial charge in [0, 0.05) is 19.3 Å². The van der Waals surface area contributed by atoms with Crippen molar-refractivity contribution in [1.29, 1.82) is 0 Å². The third-order valence-electron chi connectivity index (χ3n) is 4.22. The average molecular weight is 403 g/mol. The maximum atomic E-state index is 13.1. The lowest BCUT2D eigenvalue weighted by atomic mass is 10.2. The highest BCUT2D eigenvalue weighted by Gasteiger charge is 2.31. The molecule has 0 saturated carbocycles. The molecule has 0 aromatic carbocycles. The Labute approximate surface area is 167 Å². The summed E-state index contributed by atoms with van der Waals surface area (Å²) < 4.78 is 2.05. The van der Waals surface area contributed by atoms with Crippen LogP contribution >= 0.6 is 24.0 Å². The predicted molar refractivity (Wildman–Crippen MR) is 115 cm³/mol. The van der Waals surface area contributed by atoms with Crippen LogP contribution in [0.2, 0.25) is 0 Å². The highest BCUT2D eigenvalue weighted by atomic mass is 32.2. The van der Waals surface area contributed by atoms with E-state index >= 15 is 0 Å². The van der Waals surface area contributed by atoms with Gasteiger partial charge in [-0.2, -0.15) is 0 Å². The van der Waals surface area contributed by atoms with Crippen LogP contribution in [0.1, 0.15) is 37.8 Å². The number of anilines is 1. The van der Waals surface area contributed by atoms with E-state index in [0.29, 0.717) is 39.3 Å². The van der Waals surface area contributed by atoms with E-state index < -0.39 is 0 Å². The molecule has 3 rings (SSSR count). The number of thiocarbonyl (C=S) groups is 1. The first kappa shape index (κ1) is 19.6. The molecule has 1 amide bonds. The molecule has 1 aliphatic heterocycles. The number of amides is 1. The summed E-state index contributed by atoms with van der Waals surface area (Å²) in [6.07, 6.45) is 5.04. The molecule has 3 heterocycles. The molecule has 2 aromatic heterocycles. The van der Waals surface area contributed by atoms with E-state index in [2.05, 4.69) is 10.3 Å². The van der Waals surface area contributed by atoms with Crippen LogP contribution in [-0.4, -0.2) is 37.6 Å². The number of rotatable bonds is 6. The molecule has 6 nitrogen and oxygen atoms in total. The number of pyridine rings is 1. The standard InChI is InChI=1S/C19H22N4O2S2/c1-4-8-20-15-13(11-14-18(25)23(9-5-2)19(26)27-14)17(24)22-10-6-7-12(3)16(22)21-15/h6-7,10-11,20H,4-5,8-9H2,1-3H3/b14-11-. The summed E-state index contributed by atoms with van der Waals surface area (Å²) in [4.78, 5) is 32.5. The molecule has 1 saturated heterocycles. The zero-order valence-corrected chi connectivity index (χ0v) is 17.2. The van der Waals surface area contributed by atoms with Crippen LogP contribution in [0.15, 0.2) is 28.0 Å². The Kier molecular flexibility index (Phi) is 5.96. The number of thioether (sulfide) groups is 1. The molecule has 0 aliphatic carbocycles. The van der Waals surface area contributed by atoms with E-state index in [1.807, 2.05) is 32.9 Å². The minimum Gasteiger partial charge on any atom is -0.369 e. The van der Waals surface area contributed by atoms with Crippen molar-refractivity contribution in [3.63, 3.8) is 0 Å². The molecule has 0 spiro atoms. The molecule has 1 fully saturated rings. The fourth-order valence-corrected chi connectivity index (χ4v) is 4.16. The van der Waals surface area contributed by atoms with Crippen LogP contribution in [0.3, 0.4) is 0 Å². The highest BCUT2D eigenvalue weighted by Crippen LogP contribution is 2.33. The van der Waals surface area contributed by atoms with Crippen molar-refractivity contribution < 1.29 is 4.79 Å². The van der Waals surface area contributed by atoms with E-state index in [-0.39, 0.29) is 11.5 Å². The first-order valence-electron chi connectivity index (χ1n) is 8.99. The Morgan fingerprint density at radius 2 is 2.07 bits per heavy atom. The first-order valence-corrected chi connectivity index (χ1v) is 10.2. The van der Waals surface area contributed by atoms with Gasteiger partial charge in [-0.05, 0) is 37.5 Å². The van der Waals surface area contributed by atoms with Crippen LogP contribution in [0.4, 0.5) is 5.82 Å². The average Bonchev–Trinajstić information content (AvgIpc) is 2.91. The number of nitrogens with zero attached hydrogens (tertiary/aromatic N) is 3. The number of hydrogen-bond acceptors (Lipinski definition) is 6. The summed E-state index contributed by atoms with van der Waals surface area (Å²) in [5, 5.41) is 3.22. The van der Waals surface area contributed by atoms with Gasteiger partial charge in [0.15, 0.2) is 0 Å². The molecule has 0 bridgehead atoms. The van der Waals surface area contributed by atoms with Crippen LogP contribution in [0.25, 0.3) is 11.7 Å². The lowest BCUT2D eigenvalue weighted by molar-refractivity contribution is -0.122. The Bertz CT molecular complexity index is 997. The predicted octanol–water partition coefficient (Wildman–Crippen LogP) is 3.44. The molecule has 2 aromatic rings. The van der Waals surface area contributed by atoms with Crippen molar-refractivity contribution in [2.75, 3.05) is 18.4 Å². The maximum Gasteiger partial charge on any atom is 0.267 e. The molecule has 142 valence electrons. The van der Waals surface area contributed by atoms with Crippen LogP contribution < -0.4 is 10.9 Å². The minimum atomic E-state index is -0.205. The van der Waals surface area contributed by atoms with Crippen molar-refractivity contribution in [1.82, 2.24) is 14.3 Å². The molecule has 0 atom stereocenters. The summed E-state index contributed by atoms with van der Waals surface area (Å²) in [7, 11) is 0. The highest BCUT2D eigenvalue weighted by molar-refractivity contribution is 8.26. The van der Waals surface area contributed by atoms with E-state index in [9.17, 15) is 9.59 Å². The molecule has 27 heavy (non-hydrogen) atoms. The summed E-state index contributed by atoms with van der Waals surface area (Å²) in [5.74, 6) is 0.346. The van der Waals surface area contributed by atoms with Gasteiger partial charge < -0.3 is 5.32 Å². The molecule has 1 aliphatic rings. The number of aromatic nitrogens is 2. The van der Waals surface area contributed by atoms with Crippen molar-refractivity contribution >= 4 is 51.7 Å². The largest absolute Gasteiger partial charge is 0.369 e. The van der Waals surface area contributed by atoms with Crippen molar-refractivity contribution in [2.24, 2.45) is 0 Å². The molecule has 8 heteroatoms. The number of carbonyl (C=O) groups excluding carboxylic acids is 1. The number of carbonyl (C=O) groups is 1. The molecule has 0 radical (unpaired) electrons. The third-order valence-corrected chi connectivity index (χ3v) is 5.60. The number of fused-ring (bicyclic) bond motifs is 1. The van der Waals surface area contributed by atoms with Crippen molar-refractivity contribution in [3.8, 4) is 0 Å². The minimum absolute atomic E-state index is 0.151. The zero-order valence-electron chi connectivity index (χ0n) is 15.6. The normalized spacial score (nSPS) is 16.0. The number of hydrogen-bond donors (Lipinski definition) is 1. The number of nitrogens with one attached hydrogen (secondary N) is 1. The smallest absolute Gasteiger partial charge is 0.267 e. The summed E-state index contributed by atoms with van der Waals surface area (Å²) >= 11 is 6.55. The second-order valence-corrected chi connectivity index (χ2v) is 8.00. The SMILES string of the molecule is CCCNc1nc2c(C)cccn2c(=O)c1/C=C1\SC(=S)N(CCC)C1=O. The van der Waals surface area contributed by atoms with Gasteiger partial charge in [0.2, 0.25) is 0 Å². The Morgan fingerprint density at radius 3 is 2.78 bits per heavy atom. The van der Waals surface area contributed by atoms with Gasteiger partial charge in [-0.1, -0.05) is 43.9 Å². The summed E-state index contributed by atoms with van der Waals surface area (Å²) in [5.41, 5.74) is 1.69. The van der Waals surface area contributed by atoms with Gasteiger partial charge in [0.1, 0.15) is 15.8 Å². The van der Waals surface area contributed by atoms with Crippen LogP contribution in [-0.2, 0) is 4.79 Å². The fraction of sp³-hybridized carbons (Fsp3) is 0.368. The van der Waals surface area contributed by atoms with Gasteiger partial charge in [-0.15, -0.1) is 0 Å². The Balaban J connectivity index is 2.15. The molecular formula is C19H22N4O2S2. The van der Waals surface area contributed by atoms with Gasteiger partial charge in [0.25, 0.3) is 11.5 Å². The zero-order chi connectivity index (χ0) is 19.6. The second kappa shape index (κ2) is 8.22. The van der Waals surface area contributed by atoms with Gasteiger partial charge in [0.05, 0.1) is 10.5 Å². The maximum absolute atomic E-state index is 13.1. The Morgan fingerprint density at radius 1 is 1.30 bits per heavy atom. The van der Waals surface area contributed by atoms with Gasteiger partial charge in [-0.25, -0.2) is 4.98 Å². The van der Waals surface area contributed by atoms with Crippen molar-refractivity contribution in [3.05, 3.63) is 44.7 Å². The van der Waals surface area contributed by atoms with E-state index in [0.717, 1.165) is 18.4 Å². The molecule has 1 N–H and O–H groups in total. The van der Waals surface area contributed by atoms with Crippen molar-refractivity contribution in [2.45, 2.75) is 33.6 Å². The van der Waals surface area contributed by atoms with Crippen LogP contribution in [0, 0.1) is 6.92 Å². The fourth-order valence-electron chi connectivity index (χ4n) is 2.87. The lowest BCUT2D eigenvalue weighted by Crippen LogP contribution is -2.28. The summed E-state index contributed by atoms with van der Waals surface area (Å²) in [6.45, 7) is 7.23. The monoisotopic (exact) mass is 402 g/mol. The molecule has 0 unspecified atom stereocenters. The van der Waals surface area contributed by atoms with Gasteiger partial charge >= 0.3 is 0 Å². The quantitative estimate of drug-likeness (QED) is 0.590. The second-order valence-electron chi connectivity index (χ2n) is 6.32. The number of aryl methyl sites for hydroxylation is 1. The first-order chi connectivity index (χ1) is 13.0.